The standard InChI is InChI=1S/C18H23NO4/c1-12-10-13(6-9-21-12)17(20)19-14-4-5-15-16(11-14)23-18(22-15)7-2-3-8-18/h4-5,11-13H,2-3,6-10H2,1H3,(H,19,20)/t12-,13-/m0/s1. The molecule has 124 valence electrons. The lowest BCUT2D eigenvalue weighted by Crippen LogP contribution is -2.34. The molecule has 0 unspecified atom stereocenters. The lowest BCUT2D eigenvalue weighted by Gasteiger charge is -2.26. The first kappa shape index (κ1) is 14.8. The average molecular weight is 317 g/mol. The molecule has 1 aromatic carbocycles. The van der Waals surface area contributed by atoms with E-state index in [2.05, 4.69) is 5.32 Å². The number of carbonyl (C=O) groups excluding carboxylic acids is 1. The molecule has 1 spiro atoms. The Kier molecular flexibility index (Phi) is 3.68. The van der Waals surface area contributed by atoms with Crippen LogP contribution in [0.5, 0.6) is 11.5 Å². The Balaban J connectivity index is 1.44. The van der Waals surface area contributed by atoms with Gasteiger partial charge in [-0.3, -0.25) is 4.79 Å². The molecule has 5 heteroatoms. The average Bonchev–Trinajstić information content (AvgIpc) is 3.13. The summed E-state index contributed by atoms with van der Waals surface area (Å²) in [5, 5.41) is 3.01. The summed E-state index contributed by atoms with van der Waals surface area (Å²) in [7, 11) is 0. The van der Waals surface area contributed by atoms with Crippen molar-refractivity contribution in [3.8, 4) is 11.5 Å². The van der Waals surface area contributed by atoms with Gasteiger partial charge in [-0.2, -0.15) is 0 Å². The van der Waals surface area contributed by atoms with E-state index in [9.17, 15) is 4.79 Å². The zero-order valence-corrected chi connectivity index (χ0v) is 13.5. The molecule has 2 atom stereocenters. The number of fused-ring (bicyclic) bond motifs is 1. The summed E-state index contributed by atoms with van der Waals surface area (Å²) in [5.41, 5.74) is 0.770. The Hall–Kier alpha value is -1.75. The van der Waals surface area contributed by atoms with Crippen LogP contribution in [0.1, 0.15) is 45.4 Å². The topological polar surface area (TPSA) is 56.8 Å². The molecule has 2 aliphatic heterocycles. The second kappa shape index (κ2) is 5.71. The number of ether oxygens (including phenoxy) is 3. The summed E-state index contributed by atoms with van der Waals surface area (Å²) < 4.78 is 17.5. The lowest BCUT2D eigenvalue weighted by atomic mass is 9.95. The molecule has 1 aliphatic carbocycles. The maximum absolute atomic E-state index is 12.4. The molecule has 1 saturated heterocycles. The van der Waals surface area contributed by atoms with Crippen LogP contribution >= 0.6 is 0 Å². The van der Waals surface area contributed by atoms with E-state index in [1.54, 1.807) is 0 Å². The lowest BCUT2D eigenvalue weighted by molar-refractivity contribution is -0.124. The van der Waals surface area contributed by atoms with Gasteiger partial charge in [-0.15, -0.1) is 0 Å². The van der Waals surface area contributed by atoms with Gasteiger partial charge in [-0.25, -0.2) is 0 Å². The van der Waals surface area contributed by atoms with Crippen LogP contribution in [0, 0.1) is 5.92 Å². The van der Waals surface area contributed by atoms with Gasteiger partial charge in [0.15, 0.2) is 11.5 Å². The van der Waals surface area contributed by atoms with Crippen molar-refractivity contribution >= 4 is 11.6 Å². The molecule has 1 N–H and O–H groups in total. The highest BCUT2D eigenvalue weighted by Gasteiger charge is 2.44. The summed E-state index contributed by atoms with van der Waals surface area (Å²) in [6.45, 7) is 2.67. The van der Waals surface area contributed by atoms with Crippen molar-refractivity contribution in [2.45, 2.75) is 57.3 Å². The van der Waals surface area contributed by atoms with Gasteiger partial charge in [0.05, 0.1) is 6.10 Å². The number of amides is 1. The van der Waals surface area contributed by atoms with Crippen LogP contribution in [0.25, 0.3) is 0 Å². The zero-order chi connectivity index (χ0) is 15.9. The minimum Gasteiger partial charge on any atom is -0.448 e. The quantitative estimate of drug-likeness (QED) is 0.907. The van der Waals surface area contributed by atoms with E-state index < -0.39 is 5.79 Å². The normalized spacial score (nSPS) is 28.0. The summed E-state index contributed by atoms with van der Waals surface area (Å²) in [4.78, 5) is 12.4. The molecule has 3 aliphatic rings. The van der Waals surface area contributed by atoms with Crippen molar-refractivity contribution in [1.29, 1.82) is 0 Å². The van der Waals surface area contributed by atoms with Gasteiger partial charge in [-0.1, -0.05) is 0 Å². The smallest absolute Gasteiger partial charge is 0.251 e. The van der Waals surface area contributed by atoms with Crippen LogP contribution in [-0.4, -0.2) is 24.4 Å². The molecule has 23 heavy (non-hydrogen) atoms. The van der Waals surface area contributed by atoms with E-state index in [1.807, 2.05) is 25.1 Å². The molecule has 2 heterocycles. The highest BCUT2D eigenvalue weighted by atomic mass is 16.7. The molecular formula is C18H23NO4. The maximum Gasteiger partial charge on any atom is 0.251 e. The second-order valence-corrected chi connectivity index (χ2v) is 6.88. The van der Waals surface area contributed by atoms with Crippen molar-refractivity contribution in [3.63, 3.8) is 0 Å². The number of anilines is 1. The van der Waals surface area contributed by atoms with Gasteiger partial charge >= 0.3 is 0 Å². The highest BCUT2D eigenvalue weighted by Crippen LogP contribution is 2.47. The van der Waals surface area contributed by atoms with Crippen LogP contribution in [0.15, 0.2) is 18.2 Å². The van der Waals surface area contributed by atoms with Crippen molar-refractivity contribution in [1.82, 2.24) is 0 Å². The van der Waals surface area contributed by atoms with Gasteiger partial charge in [0, 0.05) is 37.1 Å². The fourth-order valence-electron chi connectivity index (χ4n) is 3.77. The third kappa shape index (κ3) is 2.90. The third-order valence-electron chi connectivity index (χ3n) is 5.02. The van der Waals surface area contributed by atoms with E-state index in [0.717, 1.165) is 55.7 Å². The fourth-order valence-corrected chi connectivity index (χ4v) is 3.77. The van der Waals surface area contributed by atoms with E-state index >= 15 is 0 Å². The number of benzene rings is 1. The van der Waals surface area contributed by atoms with Gasteiger partial charge in [-0.05, 0) is 44.7 Å². The Morgan fingerprint density at radius 2 is 2.00 bits per heavy atom. The number of nitrogens with one attached hydrogen (secondary N) is 1. The first-order valence-electron chi connectivity index (χ1n) is 8.58. The van der Waals surface area contributed by atoms with Crippen LogP contribution < -0.4 is 14.8 Å². The maximum atomic E-state index is 12.4. The molecule has 0 aromatic heterocycles. The van der Waals surface area contributed by atoms with E-state index in [1.165, 1.54) is 0 Å². The minimum absolute atomic E-state index is 0.0188. The van der Waals surface area contributed by atoms with E-state index in [0.29, 0.717) is 6.61 Å². The Morgan fingerprint density at radius 1 is 1.22 bits per heavy atom. The van der Waals surface area contributed by atoms with E-state index in [4.69, 9.17) is 14.2 Å². The van der Waals surface area contributed by atoms with Crippen molar-refractivity contribution in [2.75, 3.05) is 11.9 Å². The molecule has 2 fully saturated rings. The number of hydrogen-bond donors (Lipinski definition) is 1. The van der Waals surface area contributed by atoms with Crippen LogP contribution in [-0.2, 0) is 9.53 Å². The summed E-state index contributed by atoms with van der Waals surface area (Å²) >= 11 is 0. The number of hydrogen-bond acceptors (Lipinski definition) is 4. The largest absolute Gasteiger partial charge is 0.448 e. The second-order valence-electron chi connectivity index (χ2n) is 6.88. The van der Waals surface area contributed by atoms with Crippen molar-refractivity contribution in [2.24, 2.45) is 5.92 Å². The Labute approximate surface area is 136 Å². The summed E-state index contributed by atoms with van der Waals surface area (Å²) in [5.74, 6) is 1.15. The first-order chi connectivity index (χ1) is 11.1. The molecular weight excluding hydrogens is 294 g/mol. The van der Waals surface area contributed by atoms with Gasteiger partial charge < -0.3 is 19.5 Å². The SMILES string of the molecule is C[C@H]1C[C@@H](C(=O)Nc2ccc3c(c2)OC2(CCCC2)O3)CCO1. The Morgan fingerprint density at radius 3 is 2.78 bits per heavy atom. The molecule has 1 aromatic rings. The number of carbonyl (C=O) groups is 1. The molecule has 0 bridgehead atoms. The third-order valence-corrected chi connectivity index (χ3v) is 5.02. The molecule has 5 nitrogen and oxygen atoms in total. The monoisotopic (exact) mass is 317 g/mol. The summed E-state index contributed by atoms with van der Waals surface area (Å²) in [6.07, 6.45) is 5.85. The van der Waals surface area contributed by atoms with Gasteiger partial charge in [0.1, 0.15) is 0 Å². The predicted octanol–water partition coefficient (Wildman–Crippen LogP) is 3.48. The van der Waals surface area contributed by atoms with E-state index in [-0.39, 0.29) is 17.9 Å². The van der Waals surface area contributed by atoms with Crippen LogP contribution in [0.2, 0.25) is 0 Å². The van der Waals surface area contributed by atoms with Crippen molar-refractivity contribution < 1.29 is 19.0 Å². The number of rotatable bonds is 2. The fraction of sp³-hybridized carbons (Fsp3) is 0.611. The Bertz CT molecular complexity index is 609. The molecule has 1 amide bonds. The van der Waals surface area contributed by atoms with Gasteiger partial charge in [0.25, 0.3) is 5.79 Å². The first-order valence-corrected chi connectivity index (χ1v) is 8.58. The zero-order valence-electron chi connectivity index (χ0n) is 13.5. The molecule has 1 saturated carbocycles. The molecule has 0 radical (unpaired) electrons. The van der Waals surface area contributed by atoms with Crippen LogP contribution in [0.4, 0.5) is 5.69 Å². The minimum atomic E-state index is -0.457. The summed E-state index contributed by atoms with van der Waals surface area (Å²) in [6, 6.07) is 5.66. The highest BCUT2D eigenvalue weighted by molar-refractivity contribution is 5.93. The molecule has 4 rings (SSSR count). The van der Waals surface area contributed by atoms with Crippen LogP contribution in [0.3, 0.4) is 0 Å². The van der Waals surface area contributed by atoms with Crippen molar-refractivity contribution in [3.05, 3.63) is 18.2 Å². The van der Waals surface area contributed by atoms with Gasteiger partial charge in [0.2, 0.25) is 5.91 Å². The predicted molar refractivity (Wildman–Crippen MR) is 85.7 cm³/mol.